The van der Waals surface area contributed by atoms with Crippen LogP contribution in [0, 0.1) is 6.92 Å². The molecule has 0 unspecified atom stereocenters. The minimum atomic E-state index is 0.569. The zero-order valence-corrected chi connectivity index (χ0v) is 8.15. The van der Waals surface area contributed by atoms with Crippen molar-refractivity contribution < 1.29 is 5.21 Å². The summed E-state index contributed by atoms with van der Waals surface area (Å²) in [5.74, 6) is 0.569. The van der Waals surface area contributed by atoms with E-state index in [-0.39, 0.29) is 0 Å². The van der Waals surface area contributed by atoms with Crippen molar-refractivity contribution in [1.29, 1.82) is 0 Å². The standard InChI is InChI=1S/C10H14N2O/c1-8-4-6-9(7-5-8)10(11-2)12(3)13/h4-7,13H,1-3H3. The van der Waals surface area contributed by atoms with Crippen molar-refractivity contribution in [3.8, 4) is 0 Å². The van der Waals surface area contributed by atoms with E-state index in [9.17, 15) is 5.21 Å². The number of aliphatic imine (C=N–C) groups is 1. The lowest BCUT2D eigenvalue weighted by atomic mass is 10.1. The van der Waals surface area contributed by atoms with E-state index in [2.05, 4.69) is 4.99 Å². The molecule has 1 N–H and O–H groups in total. The van der Waals surface area contributed by atoms with E-state index in [4.69, 9.17) is 0 Å². The van der Waals surface area contributed by atoms with Crippen molar-refractivity contribution in [2.75, 3.05) is 14.1 Å². The molecular formula is C10H14N2O. The second kappa shape index (κ2) is 4.05. The number of rotatable bonds is 1. The molecule has 0 bridgehead atoms. The number of nitrogens with zero attached hydrogens (tertiary/aromatic N) is 2. The fourth-order valence-corrected chi connectivity index (χ4v) is 1.16. The Hall–Kier alpha value is -1.35. The van der Waals surface area contributed by atoms with E-state index in [1.165, 1.54) is 5.56 Å². The van der Waals surface area contributed by atoms with Gasteiger partial charge in [0.15, 0.2) is 5.84 Å². The highest BCUT2D eigenvalue weighted by Crippen LogP contribution is 2.05. The highest BCUT2D eigenvalue weighted by molar-refractivity contribution is 5.97. The number of benzene rings is 1. The Kier molecular flexibility index (Phi) is 3.03. The molecular weight excluding hydrogens is 164 g/mol. The van der Waals surface area contributed by atoms with E-state index in [1.807, 2.05) is 31.2 Å². The summed E-state index contributed by atoms with van der Waals surface area (Å²) in [6.45, 7) is 2.02. The summed E-state index contributed by atoms with van der Waals surface area (Å²) in [4.78, 5) is 3.98. The van der Waals surface area contributed by atoms with Crippen LogP contribution < -0.4 is 0 Å². The van der Waals surface area contributed by atoms with Gasteiger partial charge in [0.25, 0.3) is 0 Å². The largest absolute Gasteiger partial charge is 0.287 e. The van der Waals surface area contributed by atoms with Crippen molar-refractivity contribution >= 4 is 5.84 Å². The molecule has 70 valence electrons. The van der Waals surface area contributed by atoms with Gasteiger partial charge in [0.2, 0.25) is 0 Å². The van der Waals surface area contributed by atoms with E-state index in [0.29, 0.717) is 5.84 Å². The third-order valence-electron chi connectivity index (χ3n) is 1.83. The van der Waals surface area contributed by atoms with Gasteiger partial charge in [0, 0.05) is 19.7 Å². The summed E-state index contributed by atoms with van der Waals surface area (Å²) < 4.78 is 0. The van der Waals surface area contributed by atoms with Crippen molar-refractivity contribution in [2.24, 2.45) is 4.99 Å². The van der Waals surface area contributed by atoms with Gasteiger partial charge in [-0.15, -0.1) is 0 Å². The molecule has 0 radical (unpaired) electrons. The average molecular weight is 178 g/mol. The lowest BCUT2D eigenvalue weighted by Gasteiger charge is -2.13. The van der Waals surface area contributed by atoms with Gasteiger partial charge < -0.3 is 0 Å². The first-order valence-corrected chi connectivity index (χ1v) is 4.11. The molecule has 13 heavy (non-hydrogen) atoms. The normalized spacial score (nSPS) is 11.5. The highest BCUT2D eigenvalue weighted by Gasteiger charge is 2.04. The Balaban J connectivity index is 3.00. The summed E-state index contributed by atoms with van der Waals surface area (Å²) in [5.41, 5.74) is 2.11. The maximum atomic E-state index is 9.24. The van der Waals surface area contributed by atoms with Crippen molar-refractivity contribution in [2.45, 2.75) is 6.92 Å². The van der Waals surface area contributed by atoms with Gasteiger partial charge in [-0.05, 0) is 6.92 Å². The second-order valence-corrected chi connectivity index (χ2v) is 2.94. The zero-order valence-electron chi connectivity index (χ0n) is 8.15. The van der Waals surface area contributed by atoms with Crippen LogP contribution in [0.1, 0.15) is 11.1 Å². The van der Waals surface area contributed by atoms with Crippen molar-refractivity contribution in [1.82, 2.24) is 5.06 Å². The molecule has 0 saturated heterocycles. The Morgan fingerprint density at radius 2 is 1.85 bits per heavy atom. The fourth-order valence-electron chi connectivity index (χ4n) is 1.16. The third-order valence-corrected chi connectivity index (χ3v) is 1.83. The minimum Gasteiger partial charge on any atom is -0.287 e. The topological polar surface area (TPSA) is 35.8 Å². The van der Waals surface area contributed by atoms with E-state index >= 15 is 0 Å². The molecule has 0 spiro atoms. The lowest BCUT2D eigenvalue weighted by Crippen LogP contribution is -2.23. The molecule has 1 rings (SSSR count). The molecule has 0 amide bonds. The zero-order chi connectivity index (χ0) is 9.84. The Bertz CT molecular complexity index is 301. The SMILES string of the molecule is CN=C(c1ccc(C)cc1)N(C)O. The van der Waals surface area contributed by atoms with E-state index in [1.54, 1.807) is 14.1 Å². The van der Waals surface area contributed by atoms with Crippen LogP contribution in [-0.2, 0) is 0 Å². The summed E-state index contributed by atoms with van der Waals surface area (Å²) in [7, 11) is 3.21. The smallest absolute Gasteiger partial charge is 0.154 e. The molecule has 0 saturated carbocycles. The predicted octanol–water partition coefficient (Wildman–Crippen LogP) is 1.69. The Morgan fingerprint density at radius 1 is 1.31 bits per heavy atom. The van der Waals surface area contributed by atoms with Crippen LogP contribution in [0.15, 0.2) is 29.3 Å². The van der Waals surface area contributed by atoms with Gasteiger partial charge in [0.1, 0.15) is 0 Å². The summed E-state index contributed by atoms with van der Waals surface area (Å²) in [5, 5.41) is 10.3. The molecule has 0 heterocycles. The third kappa shape index (κ3) is 2.29. The monoisotopic (exact) mass is 178 g/mol. The maximum absolute atomic E-state index is 9.24. The summed E-state index contributed by atoms with van der Waals surface area (Å²) in [6.07, 6.45) is 0. The van der Waals surface area contributed by atoms with Crippen LogP contribution in [0.4, 0.5) is 0 Å². The Labute approximate surface area is 78.3 Å². The first-order chi connectivity index (χ1) is 6.15. The molecule has 3 nitrogen and oxygen atoms in total. The molecule has 0 aliphatic heterocycles. The van der Waals surface area contributed by atoms with E-state index < -0.39 is 0 Å². The number of aryl methyl sites for hydroxylation is 1. The Morgan fingerprint density at radius 3 is 2.23 bits per heavy atom. The van der Waals surface area contributed by atoms with E-state index in [0.717, 1.165) is 10.6 Å². The van der Waals surface area contributed by atoms with Crippen LogP contribution in [-0.4, -0.2) is 30.2 Å². The van der Waals surface area contributed by atoms with Crippen LogP contribution >= 0.6 is 0 Å². The first-order valence-electron chi connectivity index (χ1n) is 4.11. The first kappa shape index (κ1) is 9.74. The molecule has 1 aromatic carbocycles. The van der Waals surface area contributed by atoms with Gasteiger partial charge in [-0.25, -0.2) is 5.06 Å². The van der Waals surface area contributed by atoms with Gasteiger partial charge in [-0.2, -0.15) is 0 Å². The van der Waals surface area contributed by atoms with Gasteiger partial charge in [0.05, 0.1) is 0 Å². The molecule has 0 aromatic heterocycles. The van der Waals surface area contributed by atoms with Crippen LogP contribution in [0.5, 0.6) is 0 Å². The quantitative estimate of drug-likeness (QED) is 0.403. The molecule has 0 aliphatic carbocycles. The van der Waals surface area contributed by atoms with Crippen molar-refractivity contribution in [3.63, 3.8) is 0 Å². The van der Waals surface area contributed by atoms with Gasteiger partial charge in [-0.1, -0.05) is 29.8 Å². The second-order valence-electron chi connectivity index (χ2n) is 2.94. The number of hydrogen-bond acceptors (Lipinski definition) is 2. The van der Waals surface area contributed by atoms with Gasteiger partial charge >= 0.3 is 0 Å². The van der Waals surface area contributed by atoms with Gasteiger partial charge in [-0.3, -0.25) is 10.2 Å². The average Bonchev–Trinajstić information content (AvgIpc) is 2.09. The van der Waals surface area contributed by atoms with Crippen molar-refractivity contribution in [3.05, 3.63) is 35.4 Å². The lowest BCUT2D eigenvalue weighted by molar-refractivity contribution is 0.0142. The molecule has 0 fully saturated rings. The number of hydroxylamine groups is 2. The number of hydrogen-bond donors (Lipinski definition) is 1. The fraction of sp³-hybridized carbons (Fsp3) is 0.300. The summed E-state index contributed by atoms with van der Waals surface area (Å²) >= 11 is 0. The maximum Gasteiger partial charge on any atom is 0.154 e. The summed E-state index contributed by atoms with van der Waals surface area (Å²) in [6, 6.07) is 7.85. The van der Waals surface area contributed by atoms with Crippen LogP contribution in [0.3, 0.4) is 0 Å². The molecule has 0 aliphatic rings. The molecule has 0 atom stereocenters. The predicted molar refractivity (Wildman–Crippen MR) is 53.2 cm³/mol. The molecule has 3 heteroatoms. The minimum absolute atomic E-state index is 0.569. The van der Waals surface area contributed by atoms with Crippen LogP contribution in [0.25, 0.3) is 0 Å². The molecule has 1 aromatic rings. The van der Waals surface area contributed by atoms with Crippen LogP contribution in [0.2, 0.25) is 0 Å². The number of amidine groups is 1. The highest BCUT2D eigenvalue weighted by atomic mass is 16.5.